The summed E-state index contributed by atoms with van der Waals surface area (Å²) in [6.07, 6.45) is 4.86. The van der Waals surface area contributed by atoms with Gasteiger partial charge in [0.05, 0.1) is 23.3 Å². The van der Waals surface area contributed by atoms with Gasteiger partial charge in [-0.25, -0.2) is 4.52 Å². The van der Waals surface area contributed by atoms with Crippen LogP contribution in [0.4, 0.5) is 0 Å². The van der Waals surface area contributed by atoms with E-state index in [1.165, 1.54) is 0 Å². The Bertz CT molecular complexity index is 478. The summed E-state index contributed by atoms with van der Waals surface area (Å²) in [4.78, 5) is 14.9. The molecule has 0 amide bonds. The molecule has 5 nitrogen and oxygen atoms in total. The molecule has 1 N–H and O–H groups in total. The maximum atomic E-state index is 10.8. The van der Waals surface area contributed by atoms with E-state index in [1.54, 1.807) is 36.1 Å². The van der Waals surface area contributed by atoms with Crippen molar-refractivity contribution >= 4 is 11.5 Å². The summed E-state index contributed by atoms with van der Waals surface area (Å²) in [5.74, 6) is -1.50. The fourth-order valence-electron chi connectivity index (χ4n) is 1.33. The Balaban J connectivity index is 2.61. The molecule has 0 bridgehead atoms. The molecule has 14 heavy (non-hydrogen) atoms. The molecule has 0 aromatic carbocycles. The van der Waals surface area contributed by atoms with Crippen LogP contribution in [0.1, 0.15) is 18.5 Å². The van der Waals surface area contributed by atoms with E-state index < -0.39 is 11.9 Å². The molecule has 1 unspecified atom stereocenters. The van der Waals surface area contributed by atoms with Crippen molar-refractivity contribution in [2.75, 3.05) is 0 Å². The lowest BCUT2D eigenvalue weighted by Crippen LogP contribution is -2.10. The van der Waals surface area contributed by atoms with Crippen LogP contribution in [-0.4, -0.2) is 25.7 Å². The van der Waals surface area contributed by atoms with Gasteiger partial charge in [0.1, 0.15) is 0 Å². The highest BCUT2D eigenvalue weighted by atomic mass is 16.4. The summed E-state index contributed by atoms with van der Waals surface area (Å²) in [6.45, 7) is 1.61. The van der Waals surface area contributed by atoms with Gasteiger partial charge in [0.25, 0.3) is 0 Å². The molecule has 0 saturated heterocycles. The van der Waals surface area contributed by atoms with E-state index in [-0.39, 0.29) is 0 Å². The first-order valence-corrected chi connectivity index (χ1v) is 4.21. The minimum absolute atomic E-state index is 0.539. The zero-order valence-electron chi connectivity index (χ0n) is 7.58. The fourth-order valence-corrected chi connectivity index (χ4v) is 1.33. The molecule has 0 spiro atoms. The van der Waals surface area contributed by atoms with Crippen molar-refractivity contribution in [1.82, 2.24) is 14.6 Å². The van der Waals surface area contributed by atoms with E-state index in [9.17, 15) is 4.79 Å². The Labute approximate surface area is 80.0 Å². The van der Waals surface area contributed by atoms with Gasteiger partial charge in [-0.2, -0.15) is 5.10 Å². The van der Waals surface area contributed by atoms with Crippen molar-refractivity contribution in [2.45, 2.75) is 12.8 Å². The molecule has 0 fully saturated rings. The first-order chi connectivity index (χ1) is 6.70. The van der Waals surface area contributed by atoms with Gasteiger partial charge in [-0.15, -0.1) is 0 Å². The van der Waals surface area contributed by atoms with Crippen LogP contribution in [0.3, 0.4) is 0 Å². The highest BCUT2D eigenvalue weighted by Gasteiger charge is 2.18. The number of aromatic nitrogens is 3. The molecule has 5 heteroatoms. The Morgan fingerprint density at radius 1 is 1.57 bits per heavy atom. The molecule has 0 aliphatic carbocycles. The average molecular weight is 191 g/mol. The second kappa shape index (κ2) is 3.10. The first kappa shape index (κ1) is 8.68. The molecule has 2 rings (SSSR count). The van der Waals surface area contributed by atoms with Gasteiger partial charge in [0.15, 0.2) is 0 Å². The fraction of sp³-hybridized carbons (Fsp3) is 0.222. The second-order valence-corrected chi connectivity index (χ2v) is 3.03. The van der Waals surface area contributed by atoms with E-state index >= 15 is 0 Å². The van der Waals surface area contributed by atoms with Crippen LogP contribution in [0.15, 0.2) is 24.7 Å². The molecule has 0 saturated carbocycles. The summed E-state index contributed by atoms with van der Waals surface area (Å²) in [7, 11) is 0. The maximum absolute atomic E-state index is 10.8. The SMILES string of the molecule is CC(C(=O)O)c1nccn2nccc12. The average Bonchev–Trinajstić information content (AvgIpc) is 2.63. The van der Waals surface area contributed by atoms with Crippen molar-refractivity contribution in [3.05, 3.63) is 30.4 Å². The van der Waals surface area contributed by atoms with Gasteiger partial charge < -0.3 is 5.11 Å². The summed E-state index contributed by atoms with van der Waals surface area (Å²) >= 11 is 0. The number of hydrogen-bond donors (Lipinski definition) is 1. The number of carboxylic acid groups (broad SMARTS) is 1. The van der Waals surface area contributed by atoms with Crippen LogP contribution in [0.2, 0.25) is 0 Å². The minimum Gasteiger partial charge on any atom is -0.481 e. The van der Waals surface area contributed by atoms with Crippen LogP contribution in [-0.2, 0) is 4.79 Å². The molecule has 2 aromatic rings. The predicted molar refractivity (Wildman–Crippen MR) is 49.0 cm³/mol. The lowest BCUT2D eigenvalue weighted by atomic mass is 10.1. The summed E-state index contributed by atoms with van der Waals surface area (Å²) in [6, 6.07) is 1.75. The summed E-state index contributed by atoms with van der Waals surface area (Å²) in [5.41, 5.74) is 1.28. The highest BCUT2D eigenvalue weighted by Crippen LogP contribution is 2.17. The normalized spacial score (nSPS) is 12.9. The summed E-state index contributed by atoms with van der Waals surface area (Å²) < 4.78 is 1.61. The van der Waals surface area contributed by atoms with Crippen molar-refractivity contribution in [3.8, 4) is 0 Å². The third-order valence-corrected chi connectivity index (χ3v) is 2.13. The van der Waals surface area contributed by atoms with E-state index in [0.29, 0.717) is 5.69 Å². The third-order valence-electron chi connectivity index (χ3n) is 2.13. The zero-order chi connectivity index (χ0) is 10.1. The van der Waals surface area contributed by atoms with Crippen molar-refractivity contribution in [2.24, 2.45) is 0 Å². The molecule has 0 aliphatic rings. The quantitative estimate of drug-likeness (QED) is 0.766. The number of carbonyl (C=O) groups is 1. The first-order valence-electron chi connectivity index (χ1n) is 4.21. The predicted octanol–water partition coefficient (Wildman–Crippen LogP) is 0.917. The Kier molecular flexibility index (Phi) is 1.92. The van der Waals surface area contributed by atoms with Crippen LogP contribution >= 0.6 is 0 Å². The number of hydrogen-bond acceptors (Lipinski definition) is 3. The number of aliphatic carboxylic acids is 1. The van der Waals surface area contributed by atoms with Crippen LogP contribution in [0, 0.1) is 0 Å². The number of fused-ring (bicyclic) bond motifs is 1. The van der Waals surface area contributed by atoms with Crippen molar-refractivity contribution in [3.63, 3.8) is 0 Å². The van der Waals surface area contributed by atoms with E-state index in [2.05, 4.69) is 10.1 Å². The molecule has 0 radical (unpaired) electrons. The zero-order valence-corrected chi connectivity index (χ0v) is 7.58. The molecular formula is C9H9N3O2. The smallest absolute Gasteiger partial charge is 0.312 e. The van der Waals surface area contributed by atoms with Gasteiger partial charge in [0, 0.05) is 12.4 Å². The van der Waals surface area contributed by atoms with Crippen LogP contribution in [0.25, 0.3) is 5.52 Å². The monoisotopic (exact) mass is 191 g/mol. The lowest BCUT2D eigenvalue weighted by Gasteiger charge is -2.06. The number of rotatable bonds is 2. The number of nitrogens with zero attached hydrogens (tertiary/aromatic N) is 3. The van der Waals surface area contributed by atoms with Gasteiger partial charge >= 0.3 is 5.97 Å². The van der Waals surface area contributed by atoms with Crippen molar-refractivity contribution in [1.29, 1.82) is 0 Å². The Morgan fingerprint density at radius 3 is 3.07 bits per heavy atom. The van der Waals surface area contributed by atoms with Crippen molar-refractivity contribution < 1.29 is 9.90 Å². The molecule has 2 aromatic heterocycles. The summed E-state index contributed by atoms with van der Waals surface area (Å²) in [5, 5.41) is 12.9. The highest BCUT2D eigenvalue weighted by molar-refractivity contribution is 5.77. The number of carboxylic acids is 1. The maximum Gasteiger partial charge on any atom is 0.312 e. The van der Waals surface area contributed by atoms with Gasteiger partial charge in [-0.05, 0) is 13.0 Å². The van der Waals surface area contributed by atoms with Crippen LogP contribution < -0.4 is 0 Å². The largest absolute Gasteiger partial charge is 0.481 e. The van der Waals surface area contributed by atoms with Gasteiger partial charge in [-0.3, -0.25) is 9.78 Å². The Hall–Kier alpha value is -1.91. The van der Waals surface area contributed by atoms with E-state index in [4.69, 9.17) is 5.11 Å². The second-order valence-electron chi connectivity index (χ2n) is 3.03. The molecule has 1 atom stereocenters. The Morgan fingerprint density at radius 2 is 2.36 bits per heavy atom. The standard InChI is InChI=1S/C9H9N3O2/c1-6(9(13)14)8-7-2-3-11-12(7)5-4-10-8/h2-6H,1H3,(H,13,14). The molecule has 72 valence electrons. The van der Waals surface area contributed by atoms with E-state index in [1.807, 2.05) is 0 Å². The topological polar surface area (TPSA) is 67.5 Å². The third kappa shape index (κ3) is 1.22. The van der Waals surface area contributed by atoms with E-state index in [0.717, 1.165) is 5.52 Å². The molecule has 0 aliphatic heterocycles. The van der Waals surface area contributed by atoms with Gasteiger partial charge in [0.2, 0.25) is 0 Å². The molecule has 2 heterocycles. The lowest BCUT2D eigenvalue weighted by molar-refractivity contribution is -0.138. The van der Waals surface area contributed by atoms with Gasteiger partial charge in [-0.1, -0.05) is 0 Å². The van der Waals surface area contributed by atoms with Crippen LogP contribution in [0.5, 0.6) is 0 Å². The molecular weight excluding hydrogens is 182 g/mol. The minimum atomic E-state index is -0.883.